The SMILES string of the molecule is NC=CC(N)=Nc1nccc(Cl)n1. The van der Waals surface area contributed by atoms with Gasteiger partial charge in [0.05, 0.1) is 0 Å². The first-order chi connectivity index (χ1) is 6.22. The van der Waals surface area contributed by atoms with Gasteiger partial charge >= 0.3 is 0 Å². The predicted molar refractivity (Wildman–Crippen MR) is 51.7 cm³/mol. The van der Waals surface area contributed by atoms with E-state index in [2.05, 4.69) is 15.0 Å². The molecule has 1 aromatic heterocycles. The maximum atomic E-state index is 5.60. The van der Waals surface area contributed by atoms with Crippen molar-refractivity contribution in [2.45, 2.75) is 0 Å². The second-order valence-corrected chi connectivity index (χ2v) is 2.46. The Labute approximate surface area is 80.2 Å². The fraction of sp³-hybridized carbons (Fsp3) is 0. The summed E-state index contributed by atoms with van der Waals surface area (Å²) in [6, 6.07) is 1.55. The number of amidine groups is 1. The summed E-state index contributed by atoms with van der Waals surface area (Å²) in [5, 5.41) is 0.318. The fourth-order valence-electron chi connectivity index (χ4n) is 0.632. The number of nitrogens with zero attached hydrogens (tertiary/aromatic N) is 3. The molecule has 6 heteroatoms. The molecule has 0 aliphatic rings. The van der Waals surface area contributed by atoms with Crippen LogP contribution in [0.15, 0.2) is 29.5 Å². The molecule has 0 spiro atoms. The molecule has 0 radical (unpaired) electrons. The molecule has 1 aromatic rings. The van der Waals surface area contributed by atoms with Crippen LogP contribution in [0, 0.1) is 0 Å². The van der Waals surface area contributed by atoms with Gasteiger partial charge in [0.15, 0.2) is 0 Å². The van der Waals surface area contributed by atoms with Crippen molar-refractivity contribution in [2.24, 2.45) is 16.5 Å². The molecule has 68 valence electrons. The van der Waals surface area contributed by atoms with Crippen LogP contribution in [-0.2, 0) is 0 Å². The lowest BCUT2D eigenvalue weighted by Crippen LogP contribution is -2.08. The van der Waals surface area contributed by atoms with Gasteiger partial charge in [-0.15, -0.1) is 0 Å². The number of hydrogen-bond donors (Lipinski definition) is 2. The Balaban J connectivity index is 2.90. The summed E-state index contributed by atoms with van der Waals surface area (Å²) < 4.78 is 0. The summed E-state index contributed by atoms with van der Waals surface area (Å²) in [5.41, 5.74) is 10.5. The van der Waals surface area contributed by atoms with Gasteiger partial charge in [-0.05, 0) is 18.3 Å². The van der Waals surface area contributed by atoms with Crippen LogP contribution in [0.4, 0.5) is 5.95 Å². The van der Waals surface area contributed by atoms with Crippen LogP contribution in [0.5, 0.6) is 0 Å². The van der Waals surface area contributed by atoms with Crippen molar-refractivity contribution < 1.29 is 0 Å². The van der Waals surface area contributed by atoms with Crippen molar-refractivity contribution in [1.29, 1.82) is 0 Å². The Hall–Kier alpha value is -1.62. The number of hydrogen-bond acceptors (Lipinski definition) is 4. The Morgan fingerprint density at radius 1 is 1.62 bits per heavy atom. The van der Waals surface area contributed by atoms with Crippen LogP contribution in [0.1, 0.15) is 0 Å². The van der Waals surface area contributed by atoms with Gasteiger partial charge in [0.2, 0.25) is 0 Å². The van der Waals surface area contributed by atoms with Crippen LogP contribution < -0.4 is 11.5 Å². The average molecular weight is 198 g/mol. The molecular weight excluding hydrogens is 190 g/mol. The highest BCUT2D eigenvalue weighted by Crippen LogP contribution is 2.07. The molecule has 0 aromatic carbocycles. The first kappa shape index (κ1) is 9.47. The lowest BCUT2D eigenvalue weighted by atomic mass is 10.5. The monoisotopic (exact) mass is 197 g/mol. The lowest BCUT2D eigenvalue weighted by Gasteiger charge is -1.93. The molecule has 0 atom stereocenters. The Morgan fingerprint density at radius 2 is 2.38 bits per heavy atom. The molecular formula is C7H8ClN5. The predicted octanol–water partition coefficient (Wildman–Crippen LogP) is 0.591. The van der Waals surface area contributed by atoms with Gasteiger partial charge in [-0.2, -0.15) is 9.98 Å². The van der Waals surface area contributed by atoms with E-state index in [1.54, 1.807) is 6.07 Å². The summed E-state index contributed by atoms with van der Waals surface area (Å²) in [5.74, 6) is 0.438. The second kappa shape index (κ2) is 4.42. The second-order valence-electron chi connectivity index (χ2n) is 2.08. The zero-order valence-corrected chi connectivity index (χ0v) is 7.44. The molecule has 0 unspecified atom stereocenters. The molecule has 0 bridgehead atoms. The highest BCUT2D eigenvalue weighted by atomic mass is 35.5. The number of rotatable bonds is 2. The average Bonchev–Trinajstić information content (AvgIpc) is 2.04. The van der Waals surface area contributed by atoms with Crippen LogP contribution in [-0.4, -0.2) is 15.8 Å². The van der Waals surface area contributed by atoms with E-state index >= 15 is 0 Å². The largest absolute Gasteiger partial charge is 0.404 e. The van der Waals surface area contributed by atoms with Gasteiger partial charge in [0.25, 0.3) is 5.95 Å². The quantitative estimate of drug-likeness (QED) is 0.413. The summed E-state index contributed by atoms with van der Waals surface area (Å²) in [6.45, 7) is 0. The van der Waals surface area contributed by atoms with Crippen LogP contribution in [0.3, 0.4) is 0 Å². The third-order valence-corrected chi connectivity index (χ3v) is 1.32. The van der Waals surface area contributed by atoms with E-state index in [1.807, 2.05) is 0 Å². The molecule has 0 saturated heterocycles. The molecule has 0 aliphatic heterocycles. The Morgan fingerprint density at radius 3 is 3.00 bits per heavy atom. The van der Waals surface area contributed by atoms with Crippen molar-refractivity contribution in [2.75, 3.05) is 0 Å². The minimum absolute atomic E-state index is 0.211. The summed E-state index contributed by atoms with van der Waals surface area (Å²) in [6.07, 6.45) is 4.21. The van der Waals surface area contributed by atoms with Crippen LogP contribution in [0.2, 0.25) is 5.15 Å². The van der Waals surface area contributed by atoms with E-state index < -0.39 is 0 Å². The van der Waals surface area contributed by atoms with E-state index in [4.69, 9.17) is 23.1 Å². The molecule has 0 aliphatic carbocycles. The van der Waals surface area contributed by atoms with Crippen molar-refractivity contribution in [3.8, 4) is 0 Å². The summed E-state index contributed by atoms with van der Waals surface area (Å²) >= 11 is 5.60. The fourth-order valence-corrected chi connectivity index (χ4v) is 0.764. The zero-order valence-electron chi connectivity index (χ0n) is 6.68. The molecule has 4 N–H and O–H groups in total. The lowest BCUT2D eigenvalue weighted by molar-refractivity contribution is 1.13. The summed E-state index contributed by atoms with van der Waals surface area (Å²) in [7, 11) is 0. The first-order valence-corrected chi connectivity index (χ1v) is 3.81. The number of aliphatic imine (C=N–C) groups is 1. The van der Waals surface area contributed by atoms with Gasteiger partial charge in [-0.3, -0.25) is 0 Å². The topological polar surface area (TPSA) is 90.2 Å². The van der Waals surface area contributed by atoms with E-state index in [-0.39, 0.29) is 11.8 Å². The van der Waals surface area contributed by atoms with Gasteiger partial charge in [-0.1, -0.05) is 11.6 Å². The third-order valence-electron chi connectivity index (χ3n) is 1.10. The number of halogens is 1. The smallest absolute Gasteiger partial charge is 0.252 e. The van der Waals surface area contributed by atoms with Crippen LogP contribution in [0.25, 0.3) is 0 Å². The van der Waals surface area contributed by atoms with Gasteiger partial charge in [0.1, 0.15) is 11.0 Å². The number of aromatic nitrogens is 2. The molecule has 13 heavy (non-hydrogen) atoms. The first-order valence-electron chi connectivity index (χ1n) is 3.43. The minimum atomic E-state index is 0.211. The van der Waals surface area contributed by atoms with Crippen molar-refractivity contribution in [3.63, 3.8) is 0 Å². The van der Waals surface area contributed by atoms with Gasteiger partial charge in [0, 0.05) is 6.20 Å². The highest BCUT2D eigenvalue weighted by molar-refractivity contribution is 6.29. The van der Waals surface area contributed by atoms with Crippen LogP contribution >= 0.6 is 11.6 Å². The third kappa shape index (κ3) is 3.08. The Bertz CT molecular complexity index is 346. The van der Waals surface area contributed by atoms with E-state index in [0.29, 0.717) is 5.15 Å². The zero-order chi connectivity index (χ0) is 9.68. The minimum Gasteiger partial charge on any atom is -0.404 e. The number of nitrogens with two attached hydrogens (primary N) is 2. The van der Waals surface area contributed by atoms with Crippen molar-refractivity contribution in [3.05, 3.63) is 29.7 Å². The van der Waals surface area contributed by atoms with E-state index in [0.717, 1.165) is 0 Å². The molecule has 1 rings (SSSR count). The van der Waals surface area contributed by atoms with Gasteiger partial charge in [-0.25, -0.2) is 4.98 Å². The molecule has 0 fully saturated rings. The van der Waals surface area contributed by atoms with Crippen molar-refractivity contribution in [1.82, 2.24) is 9.97 Å². The van der Waals surface area contributed by atoms with Gasteiger partial charge < -0.3 is 11.5 Å². The maximum Gasteiger partial charge on any atom is 0.252 e. The molecule has 5 nitrogen and oxygen atoms in total. The van der Waals surface area contributed by atoms with E-state index in [9.17, 15) is 0 Å². The summed E-state index contributed by atoms with van der Waals surface area (Å²) in [4.78, 5) is 11.5. The van der Waals surface area contributed by atoms with Crippen molar-refractivity contribution >= 4 is 23.4 Å². The normalized spacial score (nSPS) is 12.2. The Kier molecular flexibility index (Phi) is 3.22. The molecule has 0 saturated carbocycles. The highest BCUT2D eigenvalue weighted by Gasteiger charge is 1.94. The molecule has 0 amide bonds. The standard InChI is InChI=1S/C7H8ClN5/c8-5-2-4-11-7(12-5)13-6(10)1-3-9/h1-4H,9H2,(H2,10,11,12,13). The maximum absolute atomic E-state index is 5.60. The van der Waals surface area contributed by atoms with E-state index in [1.165, 1.54) is 18.5 Å². The molecule has 1 heterocycles.